The molecule has 5 heteroatoms. The quantitative estimate of drug-likeness (QED) is 0.882. The fourth-order valence-corrected chi connectivity index (χ4v) is 3.67. The molecule has 2 unspecified atom stereocenters. The second-order valence-electron chi connectivity index (χ2n) is 5.15. The summed E-state index contributed by atoms with van der Waals surface area (Å²) in [5.74, 6) is 1.54. The van der Waals surface area contributed by atoms with Gasteiger partial charge in [-0.15, -0.1) is 0 Å². The first kappa shape index (κ1) is 15.6. The van der Waals surface area contributed by atoms with Crippen LogP contribution in [0, 0.1) is 5.92 Å². The summed E-state index contributed by atoms with van der Waals surface area (Å²) in [5, 5.41) is 14.6. The van der Waals surface area contributed by atoms with E-state index >= 15 is 0 Å². The van der Waals surface area contributed by atoms with Crippen molar-refractivity contribution in [2.45, 2.75) is 25.4 Å². The van der Waals surface area contributed by atoms with Crippen LogP contribution in [0.15, 0.2) is 16.6 Å². The van der Waals surface area contributed by atoms with Gasteiger partial charge < -0.3 is 19.9 Å². The number of benzene rings is 1. The maximum absolute atomic E-state index is 11.2. The highest BCUT2D eigenvalue weighted by Gasteiger charge is 2.42. The second kappa shape index (κ2) is 6.33. The zero-order valence-electron chi connectivity index (χ0n) is 12.2. The van der Waals surface area contributed by atoms with Gasteiger partial charge in [0.2, 0.25) is 0 Å². The predicted molar refractivity (Wildman–Crippen MR) is 82.4 cm³/mol. The molecule has 0 bridgehead atoms. The van der Waals surface area contributed by atoms with Crippen LogP contribution >= 0.6 is 15.9 Å². The number of piperidine rings is 1. The molecule has 0 amide bonds. The zero-order chi connectivity index (χ0) is 14.8. The Morgan fingerprint density at radius 3 is 2.75 bits per heavy atom. The molecule has 0 aliphatic carbocycles. The summed E-state index contributed by atoms with van der Waals surface area (Å²) in [6.45, 7) is 3.73. The van der Waals surface area contributed by atoms with Gasteiger partial charge in [0.1, 0.15) is 16.0 Å². The predicted octanol–water partition coefficient (Wildman–Crippen LogP) is 2.67. The van der Waals surface area contributed by atoms with Gasteiger partial charge in [0.05, 0.1) is 19.8 Å². The largest absolute Gasteiger partial charge is 0.495 e. The van der Waals surface area contributed by atoms with E-state index in [-0.39, 0.29) is 5.92 Å². The van der Waals surface area contributed by atoms with E-state index in [1.54, 1.807) is 14.2 Å². The molecule has 0 saturated carbocycles. The summed E-state index contributed by atoms with van der Waals surface area (Å²) < 4.78 is 11.6. The smallest absolute Gasteiger partial charge is 0.142 e. The number of hydrogen-bond acceptors (Lipinski definition) is 4. The molecule has 1 aliphatic rings. The van der Waals surface area contributed by atoms with Gasteiger partial charge >= 0.3 is 0 Å². The summed E-state index contributed by atoms with van der Waals surface area (Å²) in [4.78, 5) is 0. The van der Waals surface area contributed by atoms with Gasteiger partial charge in [-0.25, -0.2) is 0 Å². The second-order valence-corrected chi connectivity index (χ2v) is 5.94. The van der Waals surface area contributed by atoms with Crippen molar-refractivity contribution in [2.75, 3.05) is 27.3 Å². The average Bonchev–Trinajstić information content (AvgIpc) is 2.47. The van der Waals surface area contributed by atoms with Crippen molar-refractivity contribution in [2.24, 2.45) is 5.92 Å². The SMILES string of the molecule is CCC1CNCCC1(O)c1ccc(OC)c(Br)c1OC. The molecule has 1 aromatic carbocycles. The monoisotopic (exact) mass is 343 g/mol. The molecule has 4 nitrogen and oxygen atoms in total. The molecule has 1 heterocycles. The van der Waals surface area contributed by atoms with Crippen molar-refractivity contribution in [3.63, 3.8) is 0 Å². The van der Waals surface area contributed by atoms with E-state index in [1.165, 1.54) is 0 Å². The normalized spacial score (nSPS) is 26.4. The minimum absolute atomic E-state index is 0.172. The third-order valence-corrected chi connectivity index (χ3v) is 4.94. The zero-order valence-corrected chi connectivity index (χ0v) is 13.8. The van der Waals surface area contributed by atoms with Gasteiger partial charge in [0.25, 0.3) is 0 Å². The Balaban J connectivity index is 2.52. The van der Waals surface area contributed by atoms with Crippen LogP contribution < -0.4 is 14.8 Å². The third kappa shape index (κ3) is 2.54. The lowest BCUT2D eigenvalue weighted by molar-refractivity contribution is -0.0494. The summed E-state index contributed by atoms with van der Waals surface area (Å²) in [7, 11) is 3.24. The molecular formula is C15H22BrNO3. The fraction of sp³-hybridized carbons (Fsp3) is 0.600. The van der Waals surface area contributed by atoms with Gasteiger partial charge in [-0.1, -0.05) is 6.92 Å². The number of aliphatic hydroxyl groups is 1. The van der Waals surface area contributed by atoms with E-state index in [0.29, 0.717) is 17.9 Å². The van der Waals surface area contributed by atoms with Gasteiger partial charge in [0.15, 0.2) is 0 Å². The van der Waals surface area contributed by atoms with E-state index in [1.807, 2.05) is 12.1 Å². The summed E-state index contributed by atoms with van der Waals surface area (Å²) >= 11 is 3.51. The van der Waals surface area contributed by atoms with Crippen LogP contribution in [-0.2, 0) is 5.60 Å². The van der Waals surface area contributed by atoms with E-state index in [2.05, 4.69) is 28.2 Å². The molecule has 1 saturated heterocycles. The van der Waals surface area contributed by atoms with Gasteiger partial charge in [-0.2, -0.15) is 0 Å². The molecule has 112 valence electrons. The molecule has 0 spiro atoms. The van der Waals surface area contributed by atoms with Gasteiger partial charge in [-0.3, -0.25) is 0 Å². The lowest BCUT2D eigenvalue weighted by atomic mass is 9.75. The highest BCUT2D eigenvalue weighted by molar-refractivity contribution is 9.10. The Kier molecular flexibility index (Phi) is 4.94. The average molecular weight is 344 g/mol. The minimum atomic E-state index is -0.861. The summed E-state index contributed by atoms with van der Waals surface area (Å²) in [5.41, 5.74) is -0.0267. The van der Waals surface area contributed by atoms with Crippen molar-refractivity contribution in [3.05, 3.63) is 22.2 Å². The minimum Gasteiger partial charge on any atom is -0.495 e. The van der Waals surface area contributed by atoms with E-state index < -0.39 is 5.60 Å². The fourth-order valence-electron chi connectivity index (χ4n) is 3.00. The molecule has 1 aromatic rings. The number of ether oxygens (including phenoxy) is 2. The van der Waals surface area contributed by atoms with E-state index in [9.17, 15) is 5.11 Å². The van der Waals surface area contributed by atoms with Crippen LogP contribution in [0.5, 0.6) is 11.5 Å². The van der Waals surface area contributed by atoms with Crippen molar-refractivity contribution < 1.29 is 14.6 Å². The molecule has 0 radical (unpaired) electrons. The van der Waals surface area contributed by atoms with E-state index in [0.717, 1.165) is 29.5 Å². The molecule has 2 N–H and O–H groups in total. The number of methoxy groups -OCH3 is 2. The Morgan fingerprint density at radius 1 is 1.40 bits per heavy atom. The standard InChI is InChI=1S/C15H22BrNO3/c1-4-10-9-17-8-7-15(10,18)11-5-6-12(19-2)13(16)14(11)20-3/h5-6,10,17-18H,4,7-9H2,1-3H3. The maximum atomic E-state index is 11.2. The Labute approximate surface area is 128 Å². The first-order valence-electron chi connectivity index (χ1n) is 6.92. The number of hydrogen-bond donors (Lipinski definition) is 2. The first-order chi connectivity index (χ1) is 9.58. The van der Waals surface area contributed by atoms with Crippen LogP contribution in [0.3, 0.4) is 0 Å². The van der Waals surface area contributed by atoms with Crippen LogP contribution in [0.2, 0.25) is 0 Å². The number of nitrogens with one attached hydrogen (secondary N) is 1. The summed E-state index contributed by atoms with van der Waals surface area (Å²) in [6, 6.07) is 3.78. The Morgan fingerprint density at radius 2 is 2.15 bits per heavy atom. The van der Waals surface area contributed by atoms with Crippen molar-refractivity contribution in [1.82, 2.24) is 5.32 Å². The summed E-state index contributed by atoms with van der Waals surface area (Å²) in [6.07, 6.45) is 1.59. The highest BCUT2D eigenvalue weighted by Crippen LogP contribution is 2.46. The van der Waals surface area contributed by atoms with Gasteiger partial charge in [-0.05, 0) is 47.4 Å². The number of rotatable bonds is 4. The van der Waals surface area contributed by atoms with Crippen LogP contribution in [-0.4, -0.2) is 32.4 Å². The van der Waals surface area contributed by atoms with Crippen molar-refractivity contribution in [3.8, 4) is 11.5 Å². The van der Waals surface area contributed by atoms with E-state index in [4.69, 9.17) is 9.47 Å². The molecule has 20 heavy (non-hydrogen) atoms. The lowest BCUT2D eigenvalue weighted by Gasteiger charge is -2.41. The van der Waals surface area contributed by atoms with Gasteiger partial charge in [0, 0.05) is 18.0 Å². The molecule has 0 aromatic heterocycles. The van der Waals surface area contributed by atoms with Crippen molar-refractivity contribution in [1.29, 1.82) is 0 Å². The van der Waals surface area contributed by atoms with Crippen LogP contribution in [0.4, 0.5) is 0 Å². The first-order valence-corrected chi connectivity index (χ1v) is 7.71. The number of halogens is 1. The maximum Gasteiger partial charge on any atom is 0.142 e. The molecular weight excluding hydrogens is 322 g/mol. The van der Waals surface area contributed by atoms with Crippen LogP contribution in [0.1, 0.15) is 25.3 Å². The topological polar surface area (TPSA) is 50.7 Å². The Bertz CT molecular complexity index is 480. The molecule has 2 rings (SSSR count). The Hall–Kier alpha value is -0.780. The van der Waals surface area contributed by atoms with Crippen molar-refractivity contribution >= 4 is 15.9 Å². The molecule has 1 aliphatic heterocycles. The third-order valence-electron chi connectivity index (χ3n) is 4.19. The molecule has 1 fully saturated rings. The van der Waals surface area contributed by atoms with Crippen LogP contribution in [0.25, 0.3) is 0 Å². The molecule has 2 atom stereocenters. The lowest BCUT2D eigenvalue weighted by Crippen LogP contribution is -2.48. The highest BCUT2D eigenvalue weighted by atomic mass is 79.9.